The smallest absolute Gasteiger partial charge is 0.410 e. The van der Waals surface area contributed by atoms with Crippen LogP contribution in [0.15, 0.2) is 18.2 Å². The topological polar surface area (TPSA) is 76.1 Å². The Morgan fingerprint density at radius 2 is 2.00 bits per heavy atom. The summed E-state index contributed by atoms with van der Waals surface area (Å²) in [6.07, 6.45) is -0.325. The lowest BCUT2D eigenvalue weighted by molar-refractivity contribution is -0.0134. The van der Waals surface area contributed by atoms with Crippen molar-refractivity contribution in [3.63, 3.8) is 0 Å². The predicted molar refractivity (Wildman–Crippen MR) is 78.4 cm³/mol. The van der Waals surface area contributed by atoms with Crippen LogP contribution in [-0.4, -0.2) is 47.4 Å². The van der Waals surface area contributed by atoms with E-state index < -0.39 is 11.6 Å². The maximum Gasteiger partial charge on any atom is 0.410 e. The van der Waals surface area contributed by atoms with Gasteiger partial charge in [0.1, 0.15) is 18.0 Å². The van der Waals surface area contributed by atoms with Crippen molar-refractivity contribution in [2.75, 3.05) is 19.7 Å². The minimum Gasteiger partial charge on any atom is -0.492 e. The van der Waals surface area contributed by atoms with Crippen LogP contribution >= 0.6 is 0 Å². The summed E-state index contributed by atoms with van der Waals surface area (Å²) in [6.45, 7) is 7.03. The van der Waals surface area contributed by atoms with Gasteiger partial charge in [-0.05, 0) is 32.9 Å². The third-order valence-corrected chi connectivity index (χ3v) is 3.94. The number of fused-ring (bicyclic) bond motifs is 2. The van der Waals surface area contributed by atoms with E-state index in [-0.39, 0.29) is 17.1 Å². The van der Waals surface area contributed by atoms with E-state index in [1.165, 1.54) is 0 Å². The van der Waals surface area contributed by atoms with E-state index in [2.05, 4.69) is 0 Å². The van der Waals surface area contributed by atoms with Crippen molar-refractivity contribution in [1.29, 1.82) is 0 Å². The number of aromatic carboxylic acids is 1. The molecule has 0 bridgehead atoms. The molecule has 6 nitrogen and oxygen atoms in total. The number of amides is 1. The number of rotatable bonds is 1. The molecule has 118 valence electrons. The van der Waals surface area contributed by atoms with Crippen LogP contribution in [0.3, 0.4) is 0 Å². The molecule has 1 N–H and O–H groups in total. The van der Waals surface area contributed by atoms with Crippen molar-refractivity contribution in [3.05, 3.63) is 29.3 Å². The average Bonchev–Trinajstić information content (AvgIpc) is 2.73. The van der Waals surface area contributed by atoms with E-state index in [0.29, 0.717) is 25.4 Å². The summed E-state index contributed by atoms with van der Waals surface area (Å²) in [4.78, 5) is 24.7. The van der Waals surface area contributed by atoms with E-state index in [9.17, 15) is 9.59 Å². The monoisotopic (exact) mass is 305 g/mol. The molecule has 1 saturated heterocycles. The molecular weight excluding hydrogens is 286 g/mol. The summed E-state index contributed by atoms with van der Waals surface area (Å²) in [7, 11) is 0. The maximum atomic E-state index is 12.0. The molecule has 6 heteroatoms. The summed E-state index contributed by atoms with van der Waals surface area (Å²) in [5, 5.41) is 9.02. The molecule has 1 aromatic rings. The molecule has 0 saturated carbocycles. The number of carboxylic acid groups (broad SMARTS) is 1. The molecule has 22 heavy (non-hydrogen) atoms. The highest BCUT2D eigenvalue weighted by atomic mass is 16.6. The van der Waals surface area contributed by atoms with Crippen LogP contribution in [0.5, 0.6) is 5.75 Å². The normalized spacial score (nSPS) is 18.4. The second-order valence-electron chi connectivity index (χ2n) is 6.92. The third-order valence-electron chi connectivity index (χ3n) is 3.94. The van der Waals surface area contributed by atoms with Crippen molar-refractivity contribution in [3.8, 4) is 5.75 Å². The van der Waals surface area contributed by atoms with Gasteiger partial charge in [0.05, 0.1) is 11.0 Å². The summed E-state index contributed by atoms with van der Waals surface area (Å²) < 4.78 is 11.0. The van der Waals surface area contributed by atoms with Crippen LogP contribution in [0.1, 0.15) is 36.7 Å². The molecule has 2 heterocycles. The van der Waals surface area contributed by atoms with Crippen LogP contribution < -0.4 is 4.74 Å². The molecule has 1 spiro atoms. The summed E-state index contributed by atoms with van der Waals surface area (Å²) in [6, 6.07) is 4.91. The zero-order valence-corrected chi connectivity index (χ0v) is 12.9. The Hall–Kier alpha value is -2.24. The fourth-order valence-corrected chi connectivity index (χ4v) is 2.91. The molecule has 0 atom stereocenters. The first-order valence-electron chi connectivity index (χ1n) is 7.19. The highest BCUT2D eigenvalue weighted by molar-refractivity contribution is 5.88. The van der Waals surface area contributed by atoms with Gasteiger partial charge in [0.15, 0.2) is 0 Å². The van der Waals surface area contributed by atoms with Crippen LogP contribution in [-0.2, 0) is 10.2 Å². The SMILES string of the molecule is CC(C)(C)OC(=O)N1CC2(COc3cc(C(=O)O)ccc32)C1. The van der Waals surface area contributed by atoms with Crippen molar-refractivity contribution in [1.82, 2.24) is 4.90 Å². The molecule has 2 aliphatic heterocycles. The molecule has 3 rings (SSSR count). The summed E-state index contributed by atoms with van der Waals surface area (Å²) >= 11 is 0. The number of hydrogen-bond acceptors (Lipinski definition) is 4. The van der Waals surface area contributed by atoms with E-state index >= 15 is 0 Å². The van der Waals surface area contributed by atoms with E-state index in [1.807, 2.05) is 20.8 Å². The number of carbonyl (C=O) groups is 2. The second-order valence-corrected chi connectivity index (χ2v) is 6.92. The molecule has 2 aliphatic rings. The van der Waals surface area contributed by atoms with Gasteiger partial charge in [0, 0.05) is 18.7 Å². The summed E-state index contributed by atoms with van der Waals surface area (Å²) in [5.74, 6) is -0.375. The van der Waals surface area contributed by atoms with Crippen LogP contribution in [0, 0.1) is 0 Å². The highest BCUT2D eigenvalue weighted by Crippen LogP contribution is 2.45. The number of carboxylic acids is 1. The van der Waals surface area contributed by atoms with Crippen LogP contribution in [0.25, 0.3) is 0 Å². The largest absolute Gasteiger partial charge is 0.492 e. The molecule has 1 aromatic carbocycles. The number of likely N-dealkylation sites (tertiary alicyclic amines) is 1. The van der Waals surface area contributed by atoms with Gasteiger partial charge >= 0.3 is 12.1 Å². The van der Waals surface area contributed by atoms with Crippen LogP contribution in [0.4, 0.5) is 4.79 Å². The Balaban J connectivity index is 1.73. The Labute approximate surface area is 128 Å². The fourth-order valence-electron chi connectivity index (χ4n) is 2.91. The second kappa shape index (κ2) is 4.63. The van der Waals surface area contributed by atoms with Gasteiger partial charge in [-0.2, -0.15) is 0 Å². The summed E-state index contributed by atoms with van der Waals surface area (Å²) in [5.41, 5.74) is 0.431. The Morgan fingerprint density at radius 1 is 1.32 bits per heavy atom. The average molecular weight is 305 g/mol. The number of ether oxygens (including phenoxy) is 2. The molecular formula is C16H19NO5. The number of benzene rings is 1. The van der Waals surface area contributed by atoms with E-state index in [0.717, 1.165) is 5.56 Å². The number of nitrogens with zero attached hydrogens (tertiary/aromatic N) is 1. The number of hydrogen-bond donors (Lipinski definition) is 1. The predicted octanol–water partition coefficient (Wildman–Crippen LogP) is 2.27. The van der Waals surface area contributed by atoms with Gasteiger partial charge in [-0.3, -0.25) is 0 Å². The maximum absolute atomic E-state index is 12.0. The van der Waals surface area contributed by atoms with Gasteiger partial charge in [-0.1, -0.05) is 6.07 Å². The first-order chi connectivity index (χ1) is 10.2. The van der Waals surface area contributed by atoms with Crippen molar-refractivity contribution < 1.29 is 24.2 Å². The first-order valence-corrected chi connectivity index (χ1v) is 7.19. The lowest BCUT2D eigenvalue weighted by Crippen LogP contribution is -2.62. The first kappa shape index (κ1) is 14.7. The van der Waals surface area contributed by atoms with Gasteiger partial charge in [0.25, 0.3) is 0 Å². The van der Waals surface area contributed by atoms with Gasteiger partial charge in [-0.15, -0.1) is 0 Å². The van der Waals surface area contributed by atoms with Gasteiger partial charge < -0.3 is 19.5 Å². The molecule has 0 unspecified atom stereocenters. The number of carbonyl (C=O) groups excluding carboxylic acids is 1. The molecule has 0 aliphatic carbocycles. The molecule has 1 fully saturated rings. The zero-order chi connectivity index (χ0) is 16.1. The third kappa shape index (κ3) is 2.38. The Kier molecular flexibility index (Phi) is 3.09. The minimum absolute atomic E-state index is 0.208. The van der Waals surface area contributed by atoms with Crippen molar-refractivity contribution in [2.45, 2.75) is 31.8 Å². The minimum atomic E-state index is -0.976. The van der Waals surface area contributed by atoms with Crippen LogP contribution in [0.2, 0.25) is 0 Å². The Morgan fingerprint density at radius 3 is 2.59 bits per heavy atom. The molecule has 1 amide bonds. The van der Waals surface area contributed by atoms with Crippen molar-refractivity contribution in [2.24, 2.45) is 0 Å². The molecule has 0 radical (unpaired) electrons. The standard InChI is InChI=1S/C16H19NO5/c1-15(2,3)22-14(20)17-7-16(8-17)9-21-12-6-10(13(18)19)4-5-11(12)16/h4-6H,7-9H2,1-3H3,(H,18,19). The highest BCUT2D eigenvalue weighted by Gasteiger charge is 2.52. The van der Waals surface area contributed by atoms with Gasteiger partial charge in [-0.25, -0.2) is 9.59 Å². The molecule has 0 aromatic heterocycles. The van der Waals surface area contributed by atoms with Gasteiger partial charge in [0.2, 0.25) is 0 Å². The van der Waals surface area contributed by atoms with E-state index in [1.54, 1.807) is 23.1 Å². The quantitative estimate of drug-likeness (QED) is 0.861. The fraction of sp³-hybridized carbons (Fsp3) is 0.500. The Bertz CT molecular complexity index is 640. The lowest BCUT2D eigenvalue weighted by Gasteiger charge is -2.46. The van der Waals surface area contributed by atoms with Crippen molar-refractivity contribution >= 4 is 12.1 Å². The van der Waals surface area contributed by atoms with E-state index in [4.69, 9.17) is 14.6 Å². The lowest BCUT2D eigenvalue weighted by atomic mass is 9.75. The zero-order valence-electron chi connectivity index (χ0n) is 12.9.